The molecule has 1 aromatic heterocycles. The lowest BCUT2D eigenvalue weighted by atomic mass is 10.0. The summed E-state index contributed by atoms with van der Waals surface area (Å²) < 4.78 is 5.09. The Labute approximate surface area is 105 Å². The SMILES string of the molecule is CCc1nc(-c2ccc3c(c2)CC(O)C3N)no1. The smallest absolute Gasteiger partial charge is 0.226 e. The van der Waals surface area contributed by atoms with Crippen LogP contribution in [0.5, 0.6) is 0 Å². The fourth-order valence-electron chi connectivity index (χ4n) is 2.32. The third-order valence-corrected chi connectivity index (χ3v) is 3.37. The number of rotatable bonds is 2. The highest BCUT2D eigenvalue weighted by molar-refractivity contribution is 5.58. The number of aliphatic hydroxyl groups is 1. The third-order valence-electron chi connectivity index (χ3n) is 3.37. The molecule has 1 aromatic carbocycles. The summed E-state index contributed by atoms with van der Waals surface area (Å²) in [6.07, 6.45) is 0.816. The van der Waals surface area contributed by atoms with Crippen molar-refractivity contribution in [3.8, 4) is 11.4 Å². The van der Waals surface area contributed by atoms with Crippen molar-refractivity contribution in [3.63, 3.8) is 0 Å². The van der Waals surface area contributed by atoms with Crippen LogP contribution in [0.3, 0.4) is 0 Å². The second-order valence-corrected chi connectivity index (χ2v) is 4.58. The molecule has 0 radical (unpaired) electrons. The van der Waals surface area contributed by atoms with E-state index in [-0.39, 0.29) is 6.04 Å². The average Bonchev–Trinajstić information content (AvgIpc) is 2.95. The topological polar surface area (TPSA) is 85.2 Å². The van der Waals surface area contributed by atoms with Gasteiger partial charge in [-0.3, -0.25) is 0 Å². The standard InChI is InChI=1S/C13H15N3O2/c1-2-11-15-13(16-18-11)7-3-4-9-8(5-7)6-10(17)12(9)14/h3-5,10,12,17H,2,6,14H2,1H3. The molecule has 0 saturated carbocycles. The predicted molar refractivity (Wildman–Crippen MR) is 65.8 cm³/mol. The molecule has 94 valence electrons. The summed E-state index contributed by atoms with van der Waals surface area (Å²) in [5.74, 6) is 1.21. The van der Waals surface area contributed by atoms with Crippen molar-refractivity contribution in [3.05, 3.63) is 35.2 Å². The molecule has 5 nitrogen and oxygen atoms in total. The Morgan fingerprint density at radius 3 is 3.06 bits per heavy atom. The van der Waals surface area contributed by atoms with Crippen molar-refractivity contribution >= 4 is 0 Å². The van der Waals surface area contributed by atoms with Crippen LogP contribution >= 0.6 is 0 Å². The van der Waals surface area contributed by atoms with Gasteiger partial charge in [-0.15, -0.1) is 0 Å². The first-order chi connectivity index (χ1) is 8.69. The maximum Gasteiger partial charge on any atom is 0.226 e. The molecule has 1 aliphatic rings. The highest BCUT2D eigenvalue weighted by atomic mass is 16.5. The van der Waals surface area contributed by atoms with E-state index in [1.807, 2.05) is 25.1 Å². The van der Waals surface area contributed by atoms with Gasteiger partial charge in [0.15, 0.2) is 0 Å². The monoisotopic (exact) mass is 245 g/mol. The van der Waals surface area contributed by atoms with Crippen LogP contribution in [0.1, 0.15) is 30.0 Å². The number of aryl methyl sites for hydroxylation is 1. The number of fused-ring (bicyclic) bond motifs is 1. The Bertz CT molecular complexity index is 579. The minimum atomic E-state index is -0.494. The van der Waals surface area contributed by atoms with Crippen molar-refractivity contribution in [1.82, 2.24) is 10.1 Å². The van der Waals surface area contributed by atoms with Gasteiger partial charge in [0, 0.05) is 18.4 Å². The molecule has 3 N–H and O–H groups in total. The molecule has 3 rings (SSSR count). The molecule has 0 spiro atoms. The van der Waals surface area contributed by atoms with E-state index in [0.717, 1.165) is 23.1 Å². The normalized spacial score (nSPS) is 22.2. The van der Waals surface area contributed by atoms with Gasteiger partial charge in [-0.05, 0) is 17.2 Å². The maximum absolute atomic E-state index is 9.75. The van der Waals surface area contributed by atoms with Crippen molar-refractivity contribution < 1.29 is 9.63 Å². The van der Waals surface area contributed by atoms with Crippen LogP contribution in [0.15, 0.2) is 22.7 Å². The van der Waals surface area contributed by atoms with Gasteiger partial charge in [-0.25, -0.2) is 0 Å². The minimum Gasteiger partial charge on any atom is -0.391 e. The summed E-state index contributed by atoms with van der Waals surface area (Å²) in [5, 5.41) is 13.7. The Morgan fingerprint density at radius 1 is 1.50 bits per heavy atom. The number of hydrogen-bond donors (Lipinski definition) is 2. The highest BCUT2D eigenvalue weighted by Gasteiger charge is 2.28. The van der Waals surface area contributed by atoms with Crippen LogP contribution < -0.4 is 5.73 Å². The zero-order valence-corrected chi connectivity index (χ0v) is 10.1. The highest BCUT2D eigenvalue weighted by Crippen LogP contribution is 2.32. The molecule has 18 heavy (non-hydrogen) atoms. The van der Waals surface area contributed by atoms with Crippen molar-refractivity contribution in [2.45, 2.75) is 31.9 Å². The molecular formula is C13H15N3O2. The minimum absolute atomic E-state index is 0.287. The molecule has 0 amide bonds. The number of benzene rings is 1. The number of nitrogens with two attached hydrogens (primary N) is 1. The van der Waals surface area contributed by atoms with E-state index in [4.69, 9.17) is 10.3 Å². The van der Waals surface area contributed by atoms with Crippen LogP contribution in [0, 0.1) is 0 Å². The molecule has 2 atom stereocenters. The van der Waals surface area contributed by atoms with E-state index in [9.17, 15) is 5.11 Å². The summed E-state index contributed by atoms with van der Waals surface area (Å²) in [4.78, 5) is 4.29. The lowest BCUT2D eigenvalue weighted by Gasteiger charge is -2.08. The summed E-state index contributed by atoms with van der Waals surface area (Å²) in [6.45, 7) is 1.97. The predicted octanol–water partition coefficient (Wildman–Crippen LogP) is 1.22. The summed E-state index contributed by atoms with van der Waals surface area (Å²) in [6, 6.07) is 5.55. The molecule has 1 aliphatic carbocycles. The van der Waals surface area contributed by atoms with E-state index >= 15 is 0 Å². The van der Waals surface area contributed by atoms with Crippen LogP contribution in [-0.2, 0) is 12.8 Å². The van der Waals surface area contributed by atoms with E-state index in [1.54, 1.807) is 0 Å². The summed E-state index contributed by atoms with van der Waals surface area (Å²) in [5.41, 5.74) is 8.88. The number of nitrogens with zero attached hydrogens (tertiary/aromatic N) is 2. The summed E-state index contributed by atoms with van der Waals surface area (Å²) in [7, 11) is 0. The van der Waals surface area contributed by atoms with E-state index in [0.29, 0.717) is 18.1 Å². The zero-order valence-electron chi connectivity index (χ0n) is 10.1. The van der Waals surface area contributed by atoms with Crippen molar-refractivity contribution in [1.29, 1.82) is 0 Å². The van der Waals surface area contributed by atoms with Gasteiger partial charge < -0.3 is 15.4 Å². The van der Waals surface area contributed by atoms with Crippen LogP contribution in [0.4, 0.5) is 0 Å². The maximum atomic E-state index is 9.75. The largest absolute Gasteiger partial charge is 0.391 e. The average molecular weight is 245 g/mol. The third kappa shape index (κ3) is 1.72. The number of aliphatic hydroxyl groups excluding tert-OH is 1. The first-order valence-electron chi connectivity index (χ1n) is 6.08. The zero-order chi connectivity index (χ0) is 12.7. The molecule has 5 heteroatoms. The molecule has 2 aromatic rings. The quantitative estimate of drug-likeness (QED) is 0.830. The molecule has 0 saturated heterocycles. The van der Waals surface area contributed by atoms with Gasteiger partial charge in [-0.2, -0.15) is 4.98 Å². The van der Waals surface area contributed by atoms with Gasteiger partial charge in [0.1, 0.15) is 0 Å². The molecule has 0 aliphatic heterocycles. The van der Waals surface area contributed by atoms with Crippen LogP contribution in [0.2, 0.25) is 0 Å². The van der Waals surface area contributed by atoms with Gasteiger partial charge in [-0.1, -0.05) is 24.2 Å². The van der Waals surface area contributed by atoms with Crippen LogP contribution in [0.25, 0.3) is 11.4 Å². The fourth-order valence-corrected chi connectivity index (χ4v) is 2.32. The Morgan fingerprint density at radius 2 is 2.33 bits per heavy atom. The number of hydrogen-bond acceptors (Lipinski definition) is 5. The van der Waals surface area contributed by atoms with Crippen molar-refractivity contribution in [2.24, 2.45) is 5.73 Å². The second-order valence-electron chi connectivity index (χ2n) is 4.58. The van der Waals surface area contributed by atoms with Gasteiger partial charge in [0.25, 0.3) is 0 Å². The number of aromatic nitrogens is 2. The van der Waals surface area contributed by atoms with E-state index in [2.05, 4.69) is 10.1 Å². The Balaban J connectivity index is 1.98. The van der Waals surface area contributed by atoms with Crippen LogP contribution in [-0.4, -0.2) is 21.4 Å². The Hall–Kier alpha value is -1.72. The second kappa shape index (κ2) is 4.19. The lowest BCUT2D eigenvalue weighted by molar-refractivity contribution is 0.158. The fraction of sp³-hybridized carbons (Fsp3) is 0.385. The first kappa shape index (κ1) is 11.4. The van der Waals surface area contributed by atoms with Crippen molar-refractivity contribution in [2.75, 3.05) is 0 Å². The summed E-state index contributed by atoms with van der Waals surface area (Å²) >= 11 is 0. The van der Waals surface area contributed by atoms with Gasteiger partial charge in [0.05, 0.1) is 12.1 Å². The molecule has 0 fully saturated rings. The van der Waals surface area contributed by atoms with Gasteiger partial charge >= 0.3 is 0 Å². The lowest BCUT2D eigenvalue weighted by Crippen LogP contribution is -2.21. The molecular weight excluding hydrogens is 230 g/mol. The molecule has 1 heterocycles. The molecule has 0 bridgehead atoms. The molecule has 2 unspecified atom stereocenters. The van der Waals surface area contributed by atoms with E-state index in [1.165, 1.54) is 0 Å². The Kier molecular flexibility index (Phi) is 2.65. The first-order valence-corrected chi connectivity index (χ1v) is 6.08. The van der Waals surface area contributed by atoms with E-state index < -0.39 is 6.10 Å². The van der Waals surface area contributed by atoms with Gasteiger partial charge in [0.2, 0.25) is 11.7 Å².